The molecule has 1 amide bonds. The number of hydrogen-bond acceptors (Lipinski definition) is 4. The van der Waals surface area contributed by atoms with E-state index >= 15 is 0 Å². The van der Waals surface area contributed by atoms with Crippen LogP contribution in [-0.2, 0) is 9.53 Å². The predicted octanol–water partition coefficient (Wildman–Crippen LogP) is 1.88. The molecule has 0 aliphatic rings. The van der Waals surface area contributed by atoms with Gasteiger partial charge in [-0.2, -0.15) is 0 Å². The van der Waals surface area contributed by atoms with Crippen LogP contribution in [-0.4, -0.2) is 45.4 Å². The smallest absolute Gasteiger partial charge is 0.260 e. The van der Waals surface area contributed by atoms with Gasteiger partial charge in [-0.15, -0.1) is 12.4 Å². The second kappa shape index (κ2) is 11.6. The minimum Gasteiger partial charge on any atom is -0.481 e. The van der Waals surface area contributed by atoms with E-state index in [1.54, 1.807) is 38.3 Å². The third-order valence-corrected chi connectivity index (χ3v) is 2.80. The number of carbonyl (C=O) groups is 1. The van der Waals surface area contributed by atoms with Gasteiger partial charge in [0.1, 0.15) is 5.75 Å². The number of benzene rings is 1. The van der Waals surface area contributed by atoms with Crippen LogP contribution in [0.1, 0.15) is 6.92 Å². The molecule has 7 heteroatoms. The number of amides is 1. The van der Waals surface area contributed by atoms with Crippen LogP contribution >= 0.6 is 24.0 Å². The lowest BCUT2D eigenvalue weighted by atomic mass is 10.3. The molecule has 1 rings (SSSR count). The van der Waals surface area contributed by atoms with Crippen LogP contribution in [0.2, 0.25) is 5.02 Å². The summed E-state index contributed by atoms with van der Waals surface area (Å²) in [6, 6.07) is 6.98. The van der Waals surface area contributed by atoms with E-state index in [-0.39, 0.29) is 18.3 Å². The summed E-state index contributed by atoms with van der Waals surface area (Å²) < 4.78 is 10.4. The minimum atomic E-state index is -0.563. The number of carbonyl (C=O) groups excluding carboxylic acids is 1. The Kier molecular flexibility index (Phi) is 11.1. The lowest BCUT2D eigenvalue weighted by Gasteiger charge is -2.15. The fourth-order valence-corrected chi connectivity index (χ4v) is 1.70. The van der Waals surface area contributed by atoms with Crippen LogP contribution in [0.15, 0.2) is 24.3 Å². The Hall–Kier alpha value is -1.01. The molecule has 1 aromatic rings. The van der Waals surface area contributed by atoms with E-state index in [1.807, 2.05) is 0 Å². The molecule has 0 heterocycles. The van der Waals surface area contributed by atoms with E-state index in [4.69, 9.17) is 21.1 Å². The maximum absolute atomic E-state index is 11.8. The summed E-state index contributed by atoms with van der Waals surface area (Å²) in [6.45, 7) is 4.36. The quantitative estimate of drug-likeness (QED) is 0.676. The van der Waals surface area contributed by atoms with Crippen LogP contribution in [0, 0.1) is 0 Å². The number of rotatable bonds is 9. The maximum atomic E-state index is 11.8. The number of ether oxygens (including phenoxy) is 2. The zero-order valence-electron chi connectivity index (χ0n) is 12.2. The topological polar surface area (TPSA) is 59.6 Å². The standard InChI is InChI=1S/C14H21ClN2O3.ClH/c1-11(20-13-5-3-4-12(15)10-13)14(18)17-7-6-16-8-9-19-2;/h3-5,10-11,16H,6-9H2,1-2H3,(H,17,18);1H. The molecule has 0 bridgehead atoms. The molecular formula is C14H22Cl2N2O3. The SMILES string of the molecule is COCCNCCNC(=O)C(C)Oc1cccc(Cl)c1.Cl. The second-order valence-electron chi connectivity index (χ2n) is 4.25. The fraction of sp³-hybridized carbons (Fsp3) is 0.500. The van der Waals surface area contributed by atoms with Gasteiger partial charge in [0.05, 0.1) is 6.61 Å². The van der Waals surface area contributed by atoms with Gasteiger partial charge >= 0.3 is 0 Å². The lowest BCUT2D eigenvalue weighted by Crippen LogP contribution is -2.40. The zero-order chi connectivity index (χ0) is 14.8. The van der Waals surface area contributed by atoms with Gasteiger partial charge < -0.3 is 20.1 Å². The normalized spacial score (nSPS) is 11.4. The van der Waals surface area contributed by atoms with Gasteiger partial charge in [0.2, 0.25) is 0 Å². The van der Waals surface area contributed by atoms with Gasteiger partial charge in [-0.3, -0.25) is 4.79 Å². The molecule has 21 heavy (non-hydrogen) atoms. The summed E-state index contributed by atoms with van der Waals surface area (Å²) in [7, 11) is 1.65. The first-order valence-electron chi connectivity index (χ1n) is 6.53. The summed E-state index contributed by atoms with van der Waals surface area (Å²) in [5, 5.41) is 6.51. The molecule has 2 N–H and O–H groups in total. The summed E-state index contributed by atoms with van der Waals surface area (Å²) >= 11 is 5.85. The third kappa shape index (κ3) is 8.78. The second-order valence-corrected chi connectivity index (χ2v) is 4.69. The molecular weight excluding hydrogens is 315 g/mol. The van der Waals surface area contributed by atoms with Gasteiger partial charge in [-0.1, -0.05) is 17.7 Å². The minimum absolute atomic E-state index is 0. The van der Waals surface area contributed by atoms with Crippen LogP contribution in [0.5, 0.6) is 5.75 Å². The average Bonchev–Trinajstić information content (AvgIpc) is 2.42. The summed E-state index contributed by atoms with van der Waals surface area (Å²) in [5.41, 5.74) is 0. The van der Waals surface area contributed by atoms with Crippen molar-refractivity contribution in [1.82, 2.24) is 10.6 Å². The van der Waals surface area contributed by atoms with Crippen molar-refractivity contribution in [2.45, 2.75) is 13.0 Å². The molecule has 0 aliphatic heterocycles. The molecule has 120 valence electrons. The maximum Gasteiger partial charge on any atom is 0.260 e. The van der Waals surface area contributed by atoms with Crippen LogP contribution < -0.4 is 15.4 Å². The number of nitrogens with one attached hydrogen (secondary N) is 2. The van der Waals surface area contributed by atoms with Crippen molar-refractivity contribution in [3.05, 3.63) is 29.3 Å². The van der Waals surface area contributed by atoms with Gasteiger partial charge in [-0.25, -0.2) is 0 Å². The van der Waals surface area contributed by atoms with E-state index in [0.29, 0.717) is 30.5 Å². The van der Waals surface area contributed by atoms with Crippen molar-refractivity contribution in [2.24, 2.45) is 0 Å². The monoisotopic (exact) mass is 336 g/mol. The molecule has 0 radical (unpaired) electrons. The molecule has 0 saturated heterocycles. The number of halogens is 2. The van der Waals surface area contributed by atoms with Crippen molar-refractivity contribution in [1.29, 1.82) is 0 Å². The average molecular weight is 337 g/mol. The molecule has 0 aromatic heterocycles. The van der Waals surface area contributed by atoms with Crippen molar-refractivity contribution < 1.29 is 14.3 Å². The summed E-state index contributed by atoms with van der Waals surface area (Å²) in [4.78, 5) is 11.8. The third-order valence-electron chi connectivity index (χ3n) is 2.56. The largest absolute Gasteiger partial charge is 0.481 e. The van der Waals surface area contributed by atoms with Crippen LogP contribution in [0.3, 0.4) is 0 Å². The highest BCUT2D eigenvalue weighted by Gasteiger charge is 2.13. The highest BCUT2D eigenvalue weighted by atomic mass is 35.5. The molecule has 5 nitrogen and oxygen atoms in total. The molecule has 0 saturated carbocycles. The number of methoxy groups -OCH3 is 1. The Morgan fingerprint density at radius 1 is 1.33 bits per heavy atom. The fourth-order valence-electron chi connectivity index (χ4n) is 1.51. The number of hydrogen-bond donors (Lipinski definition) is 2. The molecule has 1 unspecified atom stereocenters. The summed E-state index contributed by atoms with van der Waals surface area (Å²) in [5.74, 6) is 0.428. The Labute approximate surface area is 136 Å². The molecule has 0 spiro atoms. The lowest BCUT2D eigenvalue weighted by molar-refractivity contribution is -0.127. The van der Waals surface area contributed by atoms with Crippen molar-refractivity contribution in [2.75, 3.05) is 33.4 Å². The Morgan fingerprint density at radius 2 is 2.10 bits per heavy atom. The highest BCUT2D eigenvalue weighted by molar-refractivity contribution is 6.30. The zero-order valence-corrected chi connectivity index (χ0v) is 13.8. The highest BCUT2D eigenvalue weighted by Crippen LogP contribution is 2.18. The molecule has 0 fully saturated rings. The predicted molar refractivity (Wildman–Crippen MR) is 86.5 cm³/mol. The van der Waals surface area contributed by atoms with E-state index in [0.717, 1.165) is 6.54 Å². The Morgan fingerprint density at radius 3 is 2.76 bits per heavy atom. The van der Waals surface area contributed by atoms with Gasteiger partial charge in [0.25, 0.3) is 5.91 Å². The van der Waals surface area contributed by atoms with Gasteiger partial charge in [0, 0.05) is 31.8 Å². The first-order chi connectivity index (χ1) is 9.63. The van der Waals surface area contributed by atoms with E-state index in [9.17, 15) is 4.79 Å². The van der Waals surface area contributed by atoms with Crippen LogP contribution in [0.4, 0.5) is 0 Å². The van der Waals surface area contributed by atoms with E-state index < -0.39 is 6.10 Å². The Bertz CT molecular complexity index is 419. The van der Waals surface area contributed by atoms with Crippen molar-refractivity contribution in [3.8, 4) is 5.75 Å². The van der Waals surface area contributed by atoms with Gasteiger partial charge in [0.15, 0.2) is 6.10 Å². The molecule has 0 aliphatic carbocycles. The first-order valence-corrected chi connectivity index (χ1v) is 6.91. The Balaban J connectivity index is 0.00000400. The van der Waals surface area contributed by atoms with Crippen molar-refractivity contribution >= 4 is 29.9 Å². The molecule has 1 atom stereocenters. The first kappa shape index (κ1) is 20.0. The summed E-state index contributed by atoms with van der Waals surface area (Å²) in [6.07, 6.45) is -0.563. The molecule has 1 aromatic carbocycles. The van der Waals surface area contributed by atoms with Crippen molar-refractivity contribution in [3.63, 3.8) is 0 Å². The van der Waals surface area contributed by atoms with Gasteiger partial charge in [-0.05, 0) is 25.1 Å². The van der Waals surface area contributed by atoms with E-state index in [2.05, 4.69) is 10.6 Å². The van der Waals surface area contributed by atoms with Crippen LogP contribution in [0.25, 0.3) is 0 Å². The van der Waals surface area contributed by atoms with E-state index in [1.165, 1.54) is 0 Å².